The molecule has 0 aliphatic carbocycles. The third kappa shape index (κ3) is 4.20. The van der Waals surface area contributed by atoms with Gasteiger partial charge < -0.3 is 15.1 Å². The summed E-state index contributed by atoms with van der Waals surface area (Å²) in [5.74, 6) is 0.544. The van der Waals surface area contributed by atoms with E-state index in [9.17, 15) is 13.6 Å². The van der Waals surface area contributed by atoms with Gasteiger partial charge in [-0.05, 0) is 18.2 Å². The summed E-state index contributed by atoms with van der Waals surface area (Å²) < 4.78 is 26.8. The average Bonchev–Trinajstić information content (AvgIpc) is 3.18. The van der Waals surface area contributed by atoms with E-state index < -0.39 is 12.2 Å². The maximum absolute atomic E-state index is 12.9. The Morgan fingerprint density at radius 2 is 1.86 bits per heavy atom. The Morgan fingerprint density at radius 1 is 1.10 bits per heavy atom. The summed E-state index contributed by atoms with van der Waals surface area (Å²) in [4.78, 5) is 24.7. The summed E-state index contributed by atoms with van der Waals surface area (Å²) in [7, 11) is 0. The van der Waals surface area contributed by atoms with Crippen molar-refractivity contribution in [1.82, 2.24) is 34.7 Å². The van der Waals surface area contributed by atoms with Crippen LogP contribution < -0.4 is 10.2 Å². The first kappa shape index (κ1) is 18.9. The topological polar surface area (TPSA) is 104 Å². The van der Waals surface area contributed by atoms with Crippen molar-refractivity contribution >= 4 is 23.3 Å². The van der Waals surface area contributed by atoms with Gasteiger partial charge in [-0.2, -0.15) is 4.52 Å². The van der Waals surface area contributed by atoms with Crippen molar-refractivity contribution in [2.45, 2.75) is 12.8 Å². The van der Waals surface area contributed by atoms with Gasteiger partial charge in [-0.3, -0.25) is 4.79 Å². The number of nitrogens with zero attached hydrogens (tertiary/aromatic N) is 8. The number of alkyl halides is 2. The van der Waals surface area contributed by atoms with E-state index in [2.05, 4.69) is 30.6 Å². The lowest BCUT2D eigenvalue weighted by atomic mass is 10.3. The first-order valence-corrected chi connectivity index (χ1v) is 9.16. The molecule has 4 rings (SSSR count). The van der Waals surface area contributed by atoms with E-state index in [-0.39, 0.29) is 18.0 Å². The highest BCUT2D eigenvalue weighted by atomic mass is 19.3. The molecule has 1 N–H and O–H groups in total. The highest BCUT2D eigenvalue weighted by Crippen LogP contribution is 2.17. The molecule has 1 amide bonds. The van der Waals surface area contributed by atoms with E-state index >= 15 is 0 Å². The van der Waals surface area contributed by atoms with Crippen LogP contribution in [0.5, 0.6) is 0 Å². The molecule has 1 fully saturated rings. The van der Waals surface area contributed by atoms with Crippen molar-refractivity contribution in [3.8, 4) is 0 Å². The van der Waals surface area contributed by atoms with Crippen molar-refractivity contribution in [2.75, 3.05) is 42.9 Å². The van der Waals surface area contributed by atoms with Gasteiger partial charge >= 0.3 is 0 Å². The molecule has 1 saturated heterocycles. The molecular formula is C17H19F2N9O. The van der Waals surface area contributed by atoms with Crippen LogP contribution in [0.25, 0.3) is 5.65 Å². The summed E-state index contributed by atoms with van der Waals surface area (Å²) in [6.07, 6.45) is 0.891. The molecule has 29 heavy (non-hydrogen) atoms. The Hall–Kier alpha value is -3.44. The monoisotopic (exact) mass is 403 g/mol. The van der Waals surface area contributed by atoms with Crippen molar-refractivity contribution < 1.29 is 13.6 Å². The standard InChI is InChI=1S/C17H19F2N9O/c18-15(19)16-24-23-13-3-2-12(25-28(13)16)20-7-4-14(29)26-8-10-27(11-9-26)17-21-5-1-6-22-17/h1-3,5-6,15H,4,7-11H2,(H,20,25). The van der Waals surface area contributed by atoms with Crippen molar-refractivity contribution in [3.63, 3.8) is 0 Å². The quantitative estimate of drug-likeness (QED) is 0.650. The Labute approximate surface area is 164 Å². The van der Waals surface area contributed by atoms with Crippen LogP contribution in [0, 0.1) is 0 Å². The molecular weight excluding hydrogens is 384 g/mol. The van der Waals surface area contributed by atoms with Crippen LogP contribution in [0.4, 0.5) is 20.5 Å². The minimum Gasteiger partial charge on any atom is -0.368 e. The first-order valence-electron chi connectivity index (χ1n) is 9.16. The van der Waals surface area contributed by atoms with E-state index in [0.29, 0.717) is 44.5 Å². The second kappa shape index (κ2) is 8.29. The predicted molar refractivity (Wildman–Crippen MR) is 99.7 cm³/mol. The molecule has 3 aromatic rings. The molecule has 0 spiro atoms. The number of hydrogen-bond donors (Lipinski definition) is 1. The fourth-order valence-electron chi connectivity index (χ4n) is 3.10. The number of carbonyl (C=O) groups is 1. The molecule has 4 heterocycles. The molecule has 0 aromatic carbocycles. The molecule has 0 radical (unpaired) electrons. The zero-order valence-corrected chi connectivity index (χ0v) is 15.4. The van der Waals surface area contributed by atoms with Gasteiger partial charge in [0.2, 0.25) is 17.7 Å². The lowest BCUT2D eigenvalue weighted by Gasteiger charge is -2.34. The number of halogens is 2. The summed E-state index contributed by atoms with van der Waals surface area (Å²) in [5.41, 5.74) is 0.238. The van der Waals surface area contributed by atoms with Gasteiger partial charge in [0.25, 0.3) is 6.43 Å². The zero-order chi connectivity index (χ0) is 20.2. The van der Waals surface area contributed by atoms with Gasteiger partial charge in [-0.25, -0.2) is 18.7 Å². The molecule has 0 unspecified atom stereocenters. The van der Waals surface area contributed by atoms with Gasteiger partial charge in [0.15, 0.2) is 5.65 Å². The molecule has 10 nitrogen and oxygen atoms in total. The van der Waals surface area contributed by atoms with E-state index in [1.807, 2.05) is 4.90 Å². The number of rotatable bonds is 6. The SMILES string of the molecule is O=C(CCNc1ccc2nnc(C(F)F)n2n1)N1CCN(c2ncccn2)CC1. The van der Waals surface area contributed by atoms with Gasteiger partial charge in [-0.15, -0.1) is 15.3 Å². The number of piperazine rings is 1. The number of fused-ring (bicyclic) bond motifs is 1. The Bertz CT molecular complexity index is 973. The maximum Gasteiger partial charge on any atom is 0.299 e. The van der Waals surface area contributed by atoms with E-state index in [4.69, 9.17) is 0 Å². The number of amides is 1. The molecule has 3 aromatic heterocycles. The number of hydrogen-bond acceptors (Lipinski definition) is 8. The third-order valence-corrected chi connectivity index (χ3v) is 4.59. The van der Waals surface area contributed by atoms with Crippen molar-refractivity contribution in [2.24, 2.45) is 0 Å². The lowest BCUT2D eigenvalue weighted by molar-refractivity contribution is -0.131. The fourth-order valence-corrected chi connectivity index (χ4v) is 3.10. The Morgan fingerprint density at radius 3 is 2.59 bits per heavy atom. The van der Waals surface area contributed by atoms with Gasteiger partial charge in [0.1, 0.15) is 5.82 Å². The fraction of sp³-hybridized carbons (Fsp3) is 0.412. The molecule has 1 aliphatic rings. The molecule has 0 bridgehead atoms. The Kier molecular flexibility index (Phi) is 5.40. The van der Waals surface area contributed by atoms with Crippen molar-refractivity contribution in [1.29, 1.82) is 0 Å². The Balaban J connectivity index is 1.27. The molecule has 0 atom stereocenters. The summed E-state index contributed by atoms with van der Waals surface area (Å²) >= 11 is 0. The molecule has 152 valence electrons. The number of anilines is 2. The van der Waals surface area contributed by atoms with Crippen molar-refractivity contribution in [3.05, 3.63) is 36.4 Å². The predicted octanol–water partition coefficient (Wildman–Crippen LogP) is 1.00. The van der Waals surface area contributed by atoms with E-state index in [0.717, 1.165) is 4.52 Å². The third-order valence-electron chi connectivity index (χ3n) is 4.59. The van der Waals surface area contributed by atoms with Crippen LogP contribution in [0.2, 0.25) is 0 Å². The highest BCUT2D eigenvalue weighted by Gasteiger charge is 2.22. The largest absolute Gasteiger partial charge is 0.368 e. The van der Waals surface area contributed by atoms with E-state index in [1.165, 1.54) is 0 Å². The van der Waals surface area contributed by atoms with Crippen LogP contribution in [0.1, 0.15) is 18.7 Å². The average molecular weight is 403 g/mol. The van der Waals surface area contributed by atoms with Crippen LogP contribution >= 0.6 is 0 Å². The van der Waals surface area contributed by atoms with Crippen LogP contribution in [0.3, 0.4) is 0 Å². The zero-order valence-electron chi connectivity index (χ0n) is 15.4. The first-order chi connectivity index (χ1) is 14.1. The molecule has 1 aliphatic heterocycles. The smallest absolute Gasteiger partial charge is 0.299 e. The van der Waals surface area contributed by atoms with Crippen LogP contribution in [-0.4, -0.2) is 73.3 Å². The second-order valence-electron chi connectivity index (χ2n) is 6.44. The normalized spacial score (nSPS) is 14.6. The van der Waals surface area contributed by atoms with Gasteiger partial charge in [-0.1, -0.05) is 0 Å². The number of aromatic nitrogens is 6. The van der Waals surface area contributed by atoms with Gasteiger partial charge in [0.05, 0.1) is 0 Å². The molecule has 0 saturated carbocycles. The van der Waals surface area contributed by atoms with Crippen LogP contribution in [-0.2, 0) is 4.79 Å². The second-order valence-corrected chi connectivity index (χ2v) is 6.44. The molecule has 12 heteroatoms. The minimum atomic E-state index is -2.77. The van der Waals surface area contributed by atoms with Crippen LogP contribution in [0.15, 0.2) is 30.6 Å². The lowest BCUT2D eigenvalue weighted by Crippen LogP contribution is -2.49. The number of carbonyl (C=O) groups excluding carboxylic acids is 1. The summed E-state index contributed by atoms with van der Waals surface area (Å²) in [5, 5.41) is 14.1. The number of nitrogens with one attached hydrogen (secondary N) is 1. The maximum atomic E-state index is 12.9. The minimum absolute atomic E-state index is 0.0183. The summed E-state index contributed by atoms with van der Waals surface area (Å²) in [6, 6.07) is 4.92. The van der Waals surface area contributed by atoms with E-state index in [1.54, 1.807) is 35.5 Å². The summed E-state index contributed by atoms with van der Waals surface area (Å²) in [6.45, 7) is 2.88. The van der Waals surface area contributed by atoms with Gasteiger partial charge in [0, 0.05) is 51.5 Å². The highest BCUT2D eigenvalue weighted by molar-refractivity contribution is 5.77.